The number of benzene rings is 1. The van der Waals surface area contributed by atoms with E-state index in [1.807, 2.05) is 6.92 Å². The lowest BCUT2D eigenvalue weighted by molar-refractivity contribution is -0.274. The fourth-order valence-electron chi connectivity index (χ4n) is 1.98. The number of ether oxygens (including phenoxy) is 1. The SMILES string of the molecule is CCCc1c(O)c2cc(OC(F)(F)F)ccc2[nH]c1=O. The zero-order chi connectivity index (χ0) is 14.9. The molecule has 4 nitrogen and oxygen atoms in total. The molecular weight excluding hydrogens is 275 g/mol. The molecule has 1 aromatic carbocycles. The predicted molar refractivity (Wildman–Crippen MR) is 66.9 cm³/mol. The summed E-state index contributed by atoms with van der Waals surface area (Å²) in [6.07, 6.45) is -3.85. The fraction of sp³-hybridized carbons (Fsp3) is 0.308. The van der Waals surface area contributed by atoms with E-state index in [-0.39, 0.29) is 22.2 Å². The van der Waals surface area contributed by atoms with Gasteiger partial charge in [0.1, 0.15) is 11.5 Å². The van der Waals surface area contributed by atoms with E-state index >= 15 is 0 Å². The highest BCUT2D eigenvalue weighted by molar-refractivity contribution is 5.87. The molecule has 0 aliphatic heterocycles. The molecule has 7 heteroatoms. The minimum atomic E-state index is -4.81. The van der Waals surface area contributed by atoms with Gasteiger partial charge in [-0.3, -0.25) is 4.79 Å². The van der Waals surface area contributed by atoms with Crippen molar-refractivity contribution >= 4 is 10.9 Å². The first-order chi connectivity index (χ1) is 9.31. The quantitative estimate of drug-likeness (QED) is 0.912. The summed E-state index contributed by atoms with van der Waals surface area (Å²) in [5.74, 6) is -0.756. The monoisotopic (exact) mass is 287 g/mol. The summed E-state index contributed by atoms with van der Waals surface area (Å²) in [6, 6.07) is 3.38. The van der Waals surface area contributed by atoms with Crippen LogP contribution >= 0.6 is 0 Å². The summed E-state index contributed by atoms with van der Waals surface area (Å²) in [7, 11) is 0. The molecule has 0 aliphatic carbocycles. The molecule has 0 saturated heterocycles. The Labute approximate surface area is 111 Å². The van der Waals surface area contributed by atoms with Gasteiger partial charge >= 0.3 is 6.36 Å². The second-order valence-corrected chi connectivity index (χ2v) is 4.29. The van der Waals surface area contributed by atoms with Crippen molar-refractivity contribution in [3.8, 4) is 11.5 Å². The molecule has 0 fully saturated rings. The van der Waals surface area contributed by atoms with Crippen molar-refractivity contribution in [2.75, 3.05) is 0 Å². The maximum atomic E-state index is 12.2. The number of aromatic amines is 1. The highest BCUT2D eigenvalue weighted by Gasteiger charge is 2.31. The number of aromatic nitrogens is 1. The molecule has 0 spiro atoms. The van der Waals surface area contributed by atoms with E-state index in [1.165, 1.54) is 6.07 Å². The molecule has 0 amide bonds. The number of pyridine rings is 1. The molecule has 0 unspecified atom stereocenters. The average Bonchev–Trinajstić information content (AvgIpc) is 2.33. The van der Waals surface area contributed by atoms with E-state index in [1.54, 1.807) is 0 Å². The van der Waals surface area contributed by atoms with Gasteiger partial charge in [-0.05, 0) is 24.6 Å². The van der Waals surface area contributed by atoms with Gasteiger partial charge in [-0.1, -0.05) is 13.3 Å². The van der Waals surface area contributed by atoms with Crippen LogP contribution < -0.4 is 10.3 Å². The number of nitrogens with one attached hydrogen (secondary N) is 1. The first-order valence-corrected chi connectivity index (χ1v) is 5.95. The van der Waals surface area contributed by atoms with Gasteiger partial charge in [0.15, 0.2) is 0 Å². The van der Waals surface area contributed by atoms with Crippen LogP contribution in [-0.4, -0.2) is 16.5 Å². The summed E-state index contributed by atoms with van der Waals surface area (Å²) in [5.41, 5.74) is -0.0348. The van der Waals surface area contributed by atoms with Crippen molar-refractivity contribution in [3.63, 3.8) is 0 Å². The van der Waals surface area contributed by atoms with Gasteiger partial charge in [-0.25, -0.2) is 0 Å². The van der Waals surface area contributed by atoms with Crippen LogP contribution in [0.2, 0.25) is 0 Å². The number of hydrogen-bond acceptors (Lipinski definition) is 3. The standard InChI is InChI=1S/C13H12F3NO3/c1-2-3-8-11(18)9-6-7(20-13(14,15)16)4-5-10(9)17-12(8)19/h4-6H,2-3H2,1H3,(H2,17,18,19). The molecule has 2 N–H and O–H groups in total. The maximum absolute atomic E-state index is 12.2. The zero-order valence-corrected chi connectivity index (χ0v) is 10.5. The Hall–Kier alpha value is -2.18. The van der Waals surface area contributed by atoms with Crippen molar-refractivity contribution in [2.24, 2.45) is 0 Å². The van der Waals surface area contributed by atoms with Crippen molar-refractivity contribution in [2.45, 2.75) is 26.1 Å². The number of halogens is 3. The zero-order valence-electron chi connectivity index (χ0n) is 10.5. The lowest BCUT2D eigenvalue weighted by Gasteiger charge is -2.11. The maximum Gasteiger partial charge on any atom is 0.573 e. The Bertz CT molecular complexity index is 692. The Morgan fingerprint density at radius 2 is 2.05 bits per heavy atom. The van der Waals surface area contributed by atoms with Crippen LogP contribution in [0.25, 0.3) is 10.9 Å². The minimum absolute atomic E-state index is 0.120. The van der Waals surface area contributed by atoms with Gasteiger partial charge in [0.25, 0.3) is 5.56 Å². The van der Waals surface area contributed by atoms with E-state index in [0.717, 1.165) is 12.1 Å². The molecule has 20 heavy (non-hydrogen) atoms. The largest absolute Gasteiger partial charge is 0.573 e. The highest BCUT2D eigenvalue weighted by Crippen LogP contribution is 2.31. The molecular formula is C13H12F3NO3. The molecule has 2 rings (SSSR count). The Balaban J connectivity index is 2.58. The van der Waals surface area contributed by atoms with Gasteiger partial charge in [-0.15, -0.1) is 13.2 Å². The molecule has 0 atom stereocenters. The van der Waals surface area contributed by atoms with Crippen LogP contribution in [0.4, 0.5) is 13.2 Å². The molecule has 1 aromatic heterocycles. The third kappa shape index (κ3) is 2.87. The number of rotatable bonds is 3. The minimum Gasteiger partial charge on any atom is -0.507 e. The lowest BCUT2D eigenvalue weighted by Crippen LogP contribution is -2.17. The molecule has 0 saturated carbocycles. The first kappa shape index (κ1) is 14.2. The van der Waals surface area contributed by atoms with Crippen molar-refractivity contribution in [1.29, 1.82) is 0 Å². The van der Waals surface area contributed by atoms with E-state index in [9.17, 15) is 23.1 Å². The lowest BCUT2D eigenvalue weighted by atomic mass is 10.1. The molecule has 2 aromatic rings. The third-order valence-electron chi connectivity index (χ3n) is 2.79. The Morgan fingerprint density at radius 3 is 2.65 bits per heavy atom. The summed E-state index contributed by atoms with van der Waals surface area (Å²) in [4.78, 5) is 14.3. The fourth-order valence-corrected chi connectivity index (χ4v) is 1.98. The van der Waals surface area contributed by atoms with E-state index < -0.39 is 17.7 Å². The van der Waals surface area contributed by atoms with Gasteiger partial charge in [-0.2, -0.15) is 0 Å². The van der Waals surface area contributed by atoms with Crippen molar-refractivity contribution < 1.29 is 23.0 Å². The molecule has 108 valence electrons. The predicted octanol–water partition coefficient (Wildman–Crippen LogP) is 3.08. The van der Waals surface area contributed by atoms with E-state index in [4.69, 9.17) is 0 Å². The topological polar surface area (TPSA) is 62.3 Å². The number of alkyl halides is 3. The van der Waals surface area contributed by atoms with E-state index in [2.05, 4.69) is 9.72 Å². The van der Waals surface area contributed by atoms with Gasteiger partial charge in [0.05, 0.1) is 11.1 Å². The van der Waals surface area contributed by atoms with Crippen LogP contribution in [0.5, 0.6) is 11.5 Å². The van der Waals surface area contributed by atoms with Crippen LogP contribution in [0.1, 0.15) is 18.9 Å². The summed E-state index contributed by atoms with van der Waals surface area (Å²) in [6.45, 7) is 1.83. The second-order valence-electron chi connectivity index (χ2n) is 4.29. The van der Waals surface area contributed by atoms with Gasteiger partial charge < -0.3 is 14.8 Å². The number of aromatic hydroxyl groups is 1. The number of H-pyrrole nitrogens is 1. The molecule has 0 bridgehead atoms. The highest BCUT2D eigenvalue weighted by atomic mass is 19.4. The number of hydrogen-bond donors (Lipinski definition) is 2. The third-order valence-corrected chi connectivity index (χ3v) is 2.79. The van der Waals surface area contributed by atoms with Crippen LogP contribution in [0, 0.1) is 0 Å². The Kier molecular flexibility index (Phi) is 3.61. The molecule has 1 heterocycles. The smallest absolute Gasteiger partial charge is 0.507 e. The van der Waals surface area contributed by atoms with E-state index in [0.29, 0.717) is 12.8 Å². The van der Waals surface area contributed by atoms with Crippen LogP contribution in [0.15, 0.2) is 23.0 Å². The van der Waals surface area contributed by atoms with Crippen LogP contribution in [0.3, 0.4) is 0 Å². The molecule has 0 aliphatic rings. The molecule has 0 radical (unpaired) electrons. The van der Waals surface area contributed by atoms with Crippen molar-refractivity contribution in [3.05, 3.63) is 34.1 Å². The number of fused-ring (bicyclic) bond motifs is 1. The van der Waals surface area contributed by atoms with Crippen molar-refractivity contribution in [1.82, 2.24) is 4.98 Å². The summed E-state index contributed by atoms with van der Waals surface area (Å²) < 4.78 is 40.3. The average molecular weight is 287 g/mol. The first-order valence-electron chi connectivity index (χ1n) is 5.95. The van der Waals surface area contributed by atoms with Gasteiger partial charge in [0, 0.05) is 5.39 Å². The summed E-state index contributed by atoms with van der Waals surface area (Å²) in [5, 5.41) is 10.1. The normalized spacial score (nSPS) is 11.8. The summed E-state index contributed by atoms with van der Waals surface area (Å²) >= 11 is 0. The van der Waals surface area contributed by atoms with Gasteiger partial charge in [0.2, 0.25) is 0 Å². The second kappa shape index (κ2) is 5.07. The Morgan fingerprint density at radius 1 is 1.35 bits per heavy atom. The van der Waals surface area contributed by atoms with Crippen LogP contribution in [-0.2, 0) is 6.42 Å².